The fourth-order valence-corrected chi connectivity index (χ4v) is 4.46. The average Bonchev–Trinajstić information content (AvgIpc) is 2.68. The molecule has 0 N–H and O–H groups in total. The van der Waals surface area contributed by atoms with E-state index in [9.17, 15) is 4.39 Å². The molecule has 4 rings (SSSR count). The van der Waals surface area contributed by atoms with Gasteiger partial charge in [0.05, 0.1) is 24.4 Å². The number of halogens is 1. The van der Waals surface area contributed by atoms with Crippen molar-refractivity contribution in [3.63, 3.8) is 0 Å². The number of benzene rings is 1. The quantitative estimate of drug-likeness (QED) is 0.807. The Morgan fingerprint density at radius 3 is 2.63 bits per heavy atom. The van der Waals surface area contributed by atoms with E-state index in [1.54, 1.807) is 26.4 Å². The maximum atomic E-state index is 13.7. The molecule has 2 saturated heterocycles. The van der Waals surface area contributed by atoms with Crippen LogP contribution >= 0.6 is 0 Å². The summed E-state index contributed by atoms with van der Waals surface area (Å²) in [6.45, 7) is 3.55. The summed E-state index contributed by atoms with van der Waals surface area (Å²) in [7, 11) is 3.42. The van der Waals surface area contributed by atoms with E-state index in [1.807, 2.05) is 24.3 Å². The molecule has 1 aromatic heterocycles. The van der Waals surface area contributed by atoms with Crippen LogP contribution in [0.25, 0.3) is 0 Å². The Morgan fingerprint density at radius 2 is 1.93 bits per heavy atom. The van der Waals surface area contributed by atoms with Gasteiger partial charge >= 0.3 is 0 Å². The van der Waals surface area contributed by atoms with Crippen LogP contribution in [0.5, 0.6) is 5.88 Å². The maximum Gasteiger partial charge on any atom is 0.213 e. The molecule has 0 bridgehead atoms. The van der Waals surface area contributed by atoms with Crippen LogP contribution in [0.2, 0.25) is 0 Å². The molecule has 1 atom stereocenters. The number of rotatable bonds is 5. The first kappa shape index (κ1) is 18.2. The van der Waals surface area contributed by atoms with Crippen molar-refractivity contribution in [3.05, 3.63) is 54.0 Å². The van der Waals surface area contributed by atoms with E-state index < -0.39 is 0 Å². The lowest BCUT2D eigenvalue weighted by atomic mass is 9.73. The van der Waals surface area contributed by atoms with Crippen molar-refractivity contribution in [2.24, 2.45) is 0 Å². The number of aromatic nitrogens is 1. The van der Waals surface area contributed by atoms with Gasteiger partial charge in [0.15, 0.2) is 0 Å². The Morgan fingerprint density at radius 1 is 1.15 bits per heavy atom. The van der Waals surface area contributed by atoms with Crippen LogP contribution < -0.4 is 9.64 Å². The molecule has 0 saturated carbocycles. The van der Waals surface area contributed by atoms with Crippen molar-refractivity contribution >= 4 is 5.69 Å². The molecule has 6 heteroatoms. The van der Waals surface area contributed by atoms with Gasteiger partial charge in [-0.2, -0.15) is 0 Å². The van der Waals surface area contributed by atoms with Gasteiger partial charge in [0.25, 0.3) is 0 Å². The summed E-state index contributed by atoms with van der Waals surface area (Å²) in [6, 6.07) is 12.8. The number of hydrogen-bond donors (Lipinski definition) is 0. The Bertz CT molecular complexity index is 793. The van der Waals surface area contributed by atoms with Gasteiger partial charge in [-0.15, -0.1) is 0 Å². The first-order chi connectivity index (χ1) is 13.1. The number of pyridine rings is 1. The third kappa shape index (κ3) is 3.39. The topological polar surface area (TPSA) is 37.8 Å². The van der Waals surface area contributed by atoms with E-state index in [0.717, 1.165) is 50.4 Å². The normalized spacial score (nSPS) is 21.9. The largest absolute Gasteiger partial charge is 0.481 e. The SMILES string of the molecule is COc1cccc(CN2CCC3(CC2)C(OC)CN3c2cccc(F)c2)n1. The molecule has 2 aromatic rings. The molecule has 144 valence electrons. The first-order valence-electron chi connectivity index (χ1n) is 9.43. The van der Waals surface area contributed by atoms with Crippen molar-refractivity contribution in [3.8, 4) is 5.88 Å². The van der Waals surface area contributed by atoms with Crippen molar-refractivity contribution in [1.29, 1.82) is 0 Å². The highest BCUT2D eigenvalue weighted by Crippen LogP contribution is 2.44. The van der Waals surface area contributed by atoms with Crippen LogP contribution in [0.15, 0.2) is 42.5 Å². The third-order valence-corrected chi connectivity index (χ3v) is 5.99. The fourth-order valence-electron chi connectivity index (χ4n) is 4.46. The highest BCUT2D eigenvalue weighted by molar-refractivity contribution is 5.54. The minimum Gasteiger partial charge on any atom is -0.481 e. The predicted molar refractivity (Wildman–Crippen MR) is 103 cm³/mol. The Kier molecular flexibility index (Phi) is 5.02. The Balaban J connectivity index is 1.45. The summed E-state index contributed by atoms with van der Waals surface area (Å²) in [4.78, 5) is 9.26. The molecule has 2 aliphatic heterocycles. The molecule has 0 amide bonds. The van der Waals surface area contributed by atoms with Gasteiger partial charge in [-0.3, -0.25) is 4.90 Å². The fraction of sp³-hybridized carbons (Fsp3) is 0.476. The highest BCUT2D eigenvalue weighted by Gasteiger charge is 2.54. The first-order valence-corrected chi connectivity index (χ1v) is 9.43. The minimum absolute atomic E-state index is 0.0408. The summed E-state index contributed by atoms with van der Waals surface area (Å²) in [5, 5.41) is 0. The predicted octanol–water partition coefficient (Wildman–Crippen LogP) is 3.10. The van der Waals surface area contributed by atoms with Gasteiger partial charge in [-0.05, 0) is 37.1 Å². The van der Waals surface area contributed by atoms with Crippen molar-refractivity contribution in [1.82, 2.24) is 9.88 Å². The summed E-state index contributed by atoms with van der Waals surface area (Å²) < 4.78 is 24.7. The molecule has 2 aliphatic rings. The smallest absolute Gasteiger partial charge is 0.213 e. The van der Waals surface area contributed by atoms with Gasteiger partial charge in [0.2, 0.25) is 5.88 Å². The molecule has 1 spiro atoms. The summed E-state index contributed by atoms with van der Waals surface area (Å²) in [5.41, 5.74) is 1.93. The van der Waals surface area contributed by atoms with Gasteiger partial charge in [0.1, 0.15) is 5.82 Å². The average molecular weight is 371 g/mol. The van der Waals surface area contributed by atoms with Gasteiger partial charge in [0, 0.05) is 45.0 Å². The maximum absolute atomic E-state index is 13.7. The molecule has 2 fully saturated rings. The van der Waals surface area contributed by atoms with Crippen LogP contribution in [0, 0.1) is 5.82 Å². The zero-order chi connectivity index (χ0) is 18.9. The number of hydrogen-bond acceptors (Lipinski definition) is 5. The summed E-state index contributed by atoms with van der Waals surface area (Å²) in [5.74, 6) is 0.460. The number of methoxy groups -OCH3 is 2. The Hall–Kier alpha value is -2.18. The standard InChI is InChI=1S/C21H26FN3O2/c1-26-19-15-25(18-7-3-5-16(22)13-18)21(19)9-11-24(12-10-21)14-17-6-4-8-20(23-17)27-2/h3-8,13,19H,9-12,14-15H2,1-2H3. The van der Waals surface area contributed by atoms with Gasteiger partial charge < -0.3 is 14.4 Å². The second-order valence-corrected chi connectivity index (χ2v) is 7.37. The highest BCUT2D eigenvalue weighted by atomic mass is 19.1. The van der Waals surface area contributed by atoms with Gasteiger partial charge in [-0.1, -0.05) is 12.1 Å². The van der Waals surface area contributed by atoms with E-state index in [2.05, 4.69) is 14.8 Å². The van der Waals surface area contributed by atoms with E-state index in [0.29, 0.717) is 5.88 Å². The number of likely N-dealkylation sites (tertiary alicyclic amines) is 1. The lowest BCUT2D eigenvalue weighted by molar-refractivity contribution is -0.0474. The lowest BCUT2D eigenvalue weighted by Crippen LogP contribution is -2.74. The molecule has 1 unspecified atom stereocenters. The van der Waals surface area contributed by atoms with Gasteiger partial charge in [-0.25, -0.2) is 9.37 Å². The number of nitrogens with zero attached hydrogens (tertiary/aromatic N) is 3. The molecule has 3 heterocycles. The number of ether oxygens (including phenoxy) is 2. The molecule has 27 heavy (non-hydrogen) atoms. The van der Waals surface area contributed by atoms with E-state index in [4.69, 9.17) is 9.47 Å². The third-order valence-electron chi connectivity index (χ3n) is 5.99. The second kappa shape index (κ2) is 7.44. The summed E-state index contributed by atoms with van der Waals surface area (Å²) >= 11 is 0. The van der Waals surface area contributed by atoms with Crippen molar-refractivity contribution in [2.45, 2.75) is 31.0 Å². The van der Waals surface area contributed by atoms with E-state index >= 15 is 0 Å². The monoisotopic (exact) mass is 371 g/mol. The van der Waals surface area contributed by atoms with Crippen LogP contribution in [-0.4, -0.2) is 55.4 Å². The minimum atomic E-state index is -0.190. The molecule has 1 aromatic carbocycles. The zero-order valence-corrected chi connectivity index (χ0v) is 15.9. The van der Waals surface area contributed by atoms with Crippen LogP contribution in [0.1, 0.15) is 18.5 Å². The van der Waals surface area contributed by atoms with E-state index in [1.165, 1.54) is 6.07 Å². The Labute approximate surface area is 159 Å². The van der Waals surface area contributed by atoms with Crippen molar-refractivity contribution in [2.75, 3.05) is 38.8 Å². The molecule has 0 aliphatic carbocycles. The molecule has 5 nitrogen and oxygen atoms in total. The molecular formula is C21H26FN3O2. The van der Waals surface area contributed by atoms with Crippen LogP contribution in [-0.2, 0) is 11.3 Å². The van der Waals surface area contributed by atoms with Crippen LogP contribution in [0.3, 0.4) is 0 Å². The zero-order valence-electron chi connectivity index (χ0n) is 15.9. The van der Waals surface area contributed by atoms with Crippen LogP contribution in [0.4, 0.5) is 10.1 Å². The van der Waals surface area contributed by atoms with E-state index in [-0.39, 0.29) is 17.5 Å². The second-order valence-electron chi connectivity index (χ2n) is 7.37. The number of piperidine rings is 1. The molecule has 0 radical (unpaired) electrons. The number of anilines is 1. The molecular weight excluding hydrogens is 345 g/mol. The summed E-state index contributed by atoms with van der Waals surface area (Å²) in [6.07, 6.45) is 2.18. The van der Waals surface area contributed by atoms with Crippen molar-refractivity contribution < 1.29 is 13.9 Å². The lowest BCUT2D eigenvalue weighted by Gasteiger charge is -2.61.